The van der Waals surface area contributed by atoms with Crippen molar-refractivity contribution in [3.05, 3.63) is 28.6 Å². The summed E-state index contributed by atoms with van der Waals surface area (Å²) in [6.07, 6.45) is 7.04. The van der Waals surface area contributed by atoms with Gasteiger partial charge in [0.15, 0.2) is 0 Å². The van der Waals surface area contributed by atoms with E-state index in [1.165, 1.54) is 29.0 Å². The number of rotatable bonds is 2. The third-order valence-electron chi connectivity index (χ3n) is 2.88. The van der Waals surface area contributed by atoms with Crippen LogP contribution in [0.3, 0.4) is 0 Å². The van der Waals surface area contributed by atoms with Gasteiger partial charge in [-0.2, -0.15) is 0 Å². The molecular weight excluding hydrogens is 170 g/mol. The van der Waals surface area contributed by atoms with E-state index in [2.05, 4.69) is 49.2 Å². The van der Waals surface area contributed by atoms with Crippen LogP contribution in [0, 0.1) is 0 Å². The number of benzene rings is 1. The molecule has 0 heterocycles. The standard InChI is InChI=1S/C13H17N/c1-3-14(2)13-9-8-11-6-4-5-7-12(11)10-13/h6-10H,3-5H2,1-2H3. The fourth-order valence-electron chi connectivity index (χ4n) is 1.82. The Balaban J connectivity index is 2.50. The quantitative estimate of drug-likeness (QED) is 0.678. The average Bonchev–Trinajstić information content (AvgIpc) is 2.27. The van der Waals surface area contributed by atoms with Crippen LogP contribution in [0.4, 0.5) is 5.69 Å². The van der Waals surface area contributed by atoms with Crippen molar-refractivity contribution < 1.29 is 0 Å². The molecule has 14 heavy (non-hydrogen) atoms. The molecule has 0 fully saturated rings. The molecule has 0 aromatic heterocycles. The lowest BCUT2D eigenvalue weighted by Crippen LogP contribution is -2.28. The lowest BCUT2D eigenvalue weighted by Gasteiger charge is -2.17. The smallest absolute Gasteiger partial charge is 0.0369 e. The van der Waals surface area contributed by atoms with Gasteiger partial charge in [0.25, 0.3) is 0 Å². The molecular formula is C13H17N. The molecule has 2 rings (SSSR count). The summed E-state index contributed by atoms with van der Waals surface area (Å²) in [5, 5.41) is 2.79. The van der Waals surface area contributed by atoms with E-state index in [0.717, 1.165) is 6.54 Å². The molecule has 0 N–H and O–H groups in total. The number of nitrogens with zero attached hydrogens (tertiary/aromatic N) is 1. The normalized spacial score (nSPS) is 13.9. The third kappa shape index (κ3) is 1.67. The van der Waals surface area contributed by atoms with E-state index in [-0.39, 0.29) is 0 Å². The lowest BCUT2D eigenvalue weighted by molar-refractivity contribution is 0.965. The fourth-order valence-corrected chi connectivity index (χ4v) is 1.82. The van der Waals surface area contributed by atoms with Gasteiger partial charge in [-0.15, -0.1) is 0 Å². The van der Waals surface area contributed by atoms with Gasteiger partial charge >= 0.3 is 0 Å². The van der Waals surface area contributed by atoms with Crippen LogP contribution in [0.15, 0.2) is 18.2 Å². The molecule has 1 aromatic carbocycles. The van der Waals surface area contributed by atoms with Crippen molar-refractivity contribution in [2.45, 2.75) is 19.8 Å². The van der Waals surface area contributed by atoms with Gasteiger partial charge in [0.05, 0.1) is 0 Å². The third-order valence-corrected chi connectivity index (χ3v) is 2.88. The van der Waals surface area contributed by atoms with Crippen molar-refractivity contribution in [2.24, 2.45) is 0 Å². The first-order valence-corrected chi connectivity index (χ1v) is 5.33. The van der Waals surface area contributed by atoms with Gasteiger partial charge in [-0.05, 0) is 42.3 Å². The summed E-state index contributed by atoms with van der Waals surface area (Å²) in [5.41, 5.74) is 1.32. The Bertz CT molecular complexity index is 431. The first kappa shape index (κ1) is 9.32. The van der Waals surface area contributed by atoms with E-state index >= 15 is 0 Å². The van der Waals surface area contributed by atoms with Crippen molar-refractivity contribution in [3.8, 4) is 0 Å². The zero-order valence-corrected chi connectivity index (χ0v) is 8.96. The SMILES string of the molecule is CCN(C)c1ccc2c(c1)=CCCC=2. The molecule has 74 valence electrons. The molecule has 0 saturated heterocycles. The summed E-state index contributed by atoms with van der Waals surface area (Å²) in [6, 6.07) is 6.72. The van der Waals surface area contributed by atoms with Gasteiger partial charge in [-0.3, -0.25) is 0 Å². The monoisotopic (exact) mass is 187 g/mol. The van der Waals surface area contributed by atoms with Gasteiger partial charge in [-0.25, -0.2) is 0 Å². The Kier molecular flexibility index (Phi) is 2.58. The summed E-state index contributed by atoms with van der Waals surface area (Å²) >= 11 is 0. The highest BCUT2D eigenvalue weighted by atomic mass is 15.1. The fraction of sp³-hybridized carbons (Fsp3) is 0.385. The number of hydrogen-bond donors (Lipinski definition) is 0. The summed E-state index contributed by atoms with van der Waals surface area (Å²) in [7, 11) is 2.13. The van der Waals surface area contributed by atoms with Crippen LogP contribution in [-0.2, 0) is 0 Å². The molecule has 0 saturated carbocycles. The van der Waals surface area contributed by atoms with Gasteiger partial charge in [0.2, 0.25) is 0 Å². The molecule has 1 heteroatoms. The van der Waals surface area contributed by atoms with E-state index in [0.29, 0.717) is 0 Å². The van der Waals surface area contributed by atoms with Crippen LogP contribution in [-0.4, -0.2) is 13.6 Å². The lowest BCUT2D eigenvalue weighted by atomic mass is 10.1. The van der Waals surface area contributed by atoms with Crippen LogP contribution >= 0.6 is 0 Å². The predicted molar refractivity (Wildman–Crippen MR) is 62.8 cm³/mol. The molecule has 1 aliphatic carbocycles. The minimum atomic E-state index is 1.06. The molecule has 1 aromatic rings. The highest BCUT2D eigenvalue weighted by Crippen LogP contribution is 2.07. The number of anilines is 1. The predicted octanol–water partition coefficient (Wildman–Crippen LogP) is 1.50. The molecule has 1 nitrogen and oxygen atoms in total. The van der Waals surface area contributed by atoms with Crippen LogP contribution in [0.5, 0.6) is 0 Å². The zero-order valence-electron chi connectivity index (χ0n) is 8.96. The molecule has 0 unspecified atom stereocenters. The molecule has 1 aliphatic rings. The van der Waals surface area contributed by atoms with Crippen molar-refractivity contribution in [1.29, 1.82) is 0 Å². The Labute approximate surface area is 85.4 Å². The zero-order chi connectivity index (χ0) is 9.97. The van der Waals surface area contributed by atoms with Crippen molar-refractivity contribution in [1.82, 2.24) is 0 Å². The first-order chi connectivity index (χ1) is 6.81. The Morgan fingerprint density at radius 3 is 2.57 bits per heavy atom. The highest BCUT2D eigenvalue weighted by molar-refractivity contribution is 5.50. The van der Waals surface area contributed by atoms with Crippen LogP contribution < -0.4 is 15.3 Å². The largest absolute Gasteiger partial charge is 0.375 e. The minimum Gasteiger partial charge on any atom is -0.375 e. The highest BCUT2D eigenvalue weighted by Gasteiger charge is 1.99. The van der Waals surface area contributed by atoms with E-state index < -0.39 is 0 Å². The summed E-state index contributed by atoms with van der Waals surface area (Å²) in [6.45, 7) is 3.23. The van der Waals surface area contributed by atoms with Gasteiger partial charge < -0.3 is 4.90 Å². The van der Waals surface area contributed by atoms with Crippen molar-refractivity contribution in [3.63, 3.8) is 0 Å². The maximum atomic E-state index is 2.34. The van der Waals surface area contributed by atoms with Gasteiger partial charge in [0, 0.05) is 19.3 Å². The molecule has 0 spiro atoms. The van der Waals surface area contributed by atoms with E-state index in [4.69, 9.17) is 0 Å². The maximum absolute atomic E-state index is 2.34. The van der Waals surface area contributed by atoms with E-state index in [9.17, 15) is 0 Å². The first-order valence-electron chi connectivity index (χ1n) is 5.33. The second-order valence-corrected chi connectivity index (χ2v) is 3.81. The summed E-state index contributed by atoms with van der Waals surface area (Å²) < 4.78 is 0. The average molecular weight is 187 g/mol. The topological polar surface area (TPSA) is 3.24 Å². The molecule has 0 amide bonds. The second kappa shape index (κ2) is 3.87. The number of hydrogen-bond acceptors (Lipinski definition) is 1. The van der Waals surface area contributed by atoms with Crippen LogP contribution in [0.25, 0.3) is 12.2 Å². The Morgan fingerprint density at radius 2 is 1.86 bits per heavy atom. The van der Waals surface area contributed by atoms with Crippen LogP contribution in [0.2, 0.25) is 0 Å². The minimum absolute atomic E-state index is 1.06. The number of fused-ring (bicyclic) bond motifs is 1. The molecule has 0 bridgehead atoms. The van der Waals surface area contributed by atoms with Crippen LogP contribution in [0.1, 0.15) is 19.8 Å². The Hall–Kier alpha value is -1.24. The van der Waals surface area contributed by atoms with Gasteiger partial charge in [-0.1, -0.05) is 18.2 Å². The molecule has 0 atom stereocenters. The Morgan fingerprint density at radius 1 is 1.14 bits per heavy atom. The van der Waals surface area contributed by atoms with Crippen molar-refractivity contribution >= 4 is 17.8 Å². The van der Waals surface area contributed by atoms with E-state index in [1.807, 2.05) is 0 Å². The van der Waals surface area contributed by atoms with Gasteiger partial charge in [0.1, 0.15) is 0 Å². The molecule has 0 radical (unpaired) electrons. The summed E-state index contributed by atoms with van der Waals surface area (Å²) in [5.74, 6) is 0. The van der Waals surface area contributed by atoms with Crippen molar-refractivity contribution in [2.75, 3.05) is 18.5 Å². The molecule has 0 aliphatic heterocycles. The second-order valence-electron chi connectivity index (χ2n) is 3.81. The van der Waals surface area contributed by atoms with E-state index in [1.54, 1.807) is 0 Å². The maximum Gasteiger partial charge on any atom is 0.0369 e. The summed E-state index contributed by atoms with van der Waals surface area (Å²) in [4.78, 5) is 2.27.